The van der Waals surface area contributed by atoms with Crippen LogP contribution in [0.15, 0.2) is 18.2 Å². The Labute approximate surface area is 103 Å². The highest BCUT2D eigenvalue weighted by Crippen LogP contribution is 2.25. The van der Waals surface area contributed by atoms with Gasteiger partial charge in [0.25, 0.3) is 0 Å². The lowest BCUT2D eigenvalue weighted by atomic mass is 9.89. The van der Waals surface area contributed by atoms with Crippen molar-refractivity contribution in [3.63, 3.8) is 0 Å². The van der Waals surface area contributed by atoms with Crippen LogP contribution in [0.5, 0.6) is 0 Å². The molecule has 0 fully saturated rings. The molecule has 0 heterocycles. The Balaban J connectivity index is 2.64. The predicted octanol–water partition coefficient (Wildman–Crippen LogP) is 3.44. The average Bonchev–Trinajstić information content (AvgIpc) is 2.20. The molecule has 0 aromatic heterocycles. The van der Waals surface area contributed by atoms with Gasteiger partial charge < -0.3 is 11.1 Å². The summed E-state index contributed by atoms with van der Waals surface area (Å²) in [5.41, 5.74) is 8.01. The lowest BCUT2D eigenvalue weighted by Gasteiger charge is -2.25. The minimum atomic E-state index is 0.212. The van der Waals surface area contributed by atoms with E-state index in [9.17, 15) is 0 Å². The summed E-state index contributed by atoms with van der Waals surface area (Å²) in [5, 5.41) is 4.25. The first kappa shape index (κ1) is 13.3. The van der Waals surface area contributed by atoms with Crippen molar-refractivity contribution in [3.05, 3.63) is 28.8 Å². The van der Waals surface area contributed by atoms with Gasteiger partial charge in [-0.15, -0.1) is 0 Å². The molecule has 0 amide bonds. The van der Waals surface area contributed by atoms with Crippen LogP contribution in [0, 0.1) is 12.3 Å². The molecule has 0 aliphatic rings. The Kier molecular flexibility index (Phi) is 4.63. The van der Waals surface area contributed by atoms with Gasteiger partial charge in [0.1, 0.15) is 0 Å². The summed E-state index contributed by atoms with van der Waals surface area (Å²) in [5.74, 6) is 0. The fraction of sp³-hybridized carbons (Fsp3) is 0.538. The maximum atomic E-state index is 6.06. The molecule has 0 saturated heterocycles. The normalized spacial score (nSPS) is 11.6. The summed E-state index contributed by atoms with van der Waals surface area (Å²) in [6.07, 6.45) is 1.01. The molecule has 0 radical (unpaired) electrons. The highest BCUT2D eigenvalue weighted by Gasteiger charge is 2.16. The molecule has 1 rings (SSSR count). The summed E-state index contributed by atoms with van der Waals surface area (Å²) < 4.78 is 0. The van der Waals surface area contributed by atoms with Crippen LogP contribution in [0.4, 0.5) is 5.69 Å². The van der Waals surface area contributed by atoms with Crippen molar-refractivity contribution in [2.75, 3.05) is 18.4 Å². The lowest BCUT2D eigenvalue weighted by molar-refractivity contribution is 0.365. The number of rotatable bonds is 5. The van der Waals surface area contributed by atoms with Gasteiger partial charge in [-0.05, 0) is 43.0 Å². The largest absolute Gasteiger partial charge is 0.384 e. The molecule has 3 heteroatoms. The number of anilines is 1. The van der Waals surface area contributed by atoms with E-state index >= 15 is 0 Å². The maximum absolute atomic E-state index is 6.06. The van der Waals surface area contributed by atoms with Gasteiger partial charge in [-0.2, -0.15) is 0 Å². The smallest absolute Gasteiger partial charge is 0.0455 e. The van der Waals surface area contributed by atoms with Crippen LogP contribution in [-0.4, -0.2) is 13.1 Å². The SMILES string of the molecule is Cc1c(Cl)cccc1NCC(C)(C)CCN. The fourth-order valence-corrected chi connectivity index (χ4v) is 1.79. The summed E-state index contributed by atoms with van der Waals surface area (Å²) in [4.78, 5) is 0. The van der Waals surface area contributed by atoms with Crippen LogP contribution < -0.4 is 11.1 Å². The molecule has 0 aliphatic carbocycles. The van der Waals surface area contributed by atoms with Crippen LogP contribution in [0.25, 0.3) is 0 Å². The quantitative estimate of drug-likeness (QED) is 0.828. The molecule has 3 N–H and O–H groups in total. The molecule has 0 unspecified atom stereocenters. The first-order valence-corrected chi connectivity index (χ1v) is 6.03. The number of nitrogens with one attached hydrogen (secondary N) is 1. The van der Waals surface area contributed by atoms with E-state index in [1.165, 1.54) is 0 Å². The van der Waals surface area contributed by atoms with Gasteiger partial charge >= 0.3 is 0 Å². The van der Waals surface area contributed by atoms with E-state index in [4.69, 9.17) is 17.3 Å². The van der Waals surface area contributed by atoms with E-state index in [1.54, 1.807) is 0 Å². The number of benzene rings is 1. The summed E-state index contributed by atoms with van der Waals surface area (Å²) in [7, 11) is 0. The number of hydrogen-bond donors (Lipinski definition) is 2. The van der Waals surface area contributed by atoms with Crippen molar-refractivity contribution < 1.29 is 0 Å². The first-order valence-electron chi connectivity index (χ1n) is 5.65. The van der Waals surface area contributed by atoms with Gasteiger partial charge in [0.05, 0.1) is 0 Å². The third-order valence-corrected chi connectivity index (χ3v) is 3.26. The standard InChI is InChI=1S/C13H21ClN2/c1-10-11(14)5-4-6-12(10)16-9-13(2,3)7-8-15/h4-6,16H,7-9,15H2,1-3H3. The van der Waals surface area contributed by atoms with Crippen LogP contribution in [0.1, 0.15) is 25.8 Å². The minimum absolute atomic E-state index is 0.212. The highest BCUT2D eigenvalue weighted by atomic mass is 35.5. The van der Waals surface area contributed by atoms with Gasteiger partial charge in [-0.1, -0.05) is 31.5 Å². The van der Waals surface area contributed by atoms with Crippen molar-refractivity contribution in [3.8, 4) is 0 Å². The van der Waals surface area contributed by atoms with Crippen molar-refractivity contribution in [2.45, 2.75) is 27.2 Å². The first-order chi connectivity index (χ1) is 7.46. The third-order valence-electron chi connectivity index (χ3n) is 2.85. The van der Waals surface area contributed by atoms with E-state index in [0.717, 1.165) is 35.8 Å². The van der Waals surface area contributed by atoms with Crippen LogP contribution in [-0.2, 0) is 0 Å². The zero-order chi connectivity index (χ0) is 12.2. The monoisotopic (exact) mass is 240 g/mol. The van der Waals surface area contributed by atoms with Crippen LogP contribution >= 0.6 is 11.6 Å². The van der Waals surface area contributed by atoms with Crippen molar-refractivity contribution in [1.29, 1.82) is 0 Å². The maximum Gasteiger partial charge on any atom is 0.0455 e. The fourth-order valence-electron chi connectivity index (χ4n) is 1.61. The number of halogens is 1. The van der Waals surface area contributed by atoms with E-state index in [1.807, 2.05) is 19.1 Å². The molecular formula is C13H21ClN2. The second-order valence-electron chi connectivity index (χ2n) is 4.97. The second-order valence-corrected chi connectivity index (χ2v) is 5.38. The molecule has 2 nitrogen and oxygen atoms in total. The zero-order valence-electron chi connectivity index (χ0n) is 10.3. The minimum Gasteiger partial charge on any atom is -0.384 e. The lowest BCUT2D eigenvalue weighted by Crippen LogP contribution is -2.26. The predicted molar refractivity (Wildman–Crippen MR) is 72.1 cm³/mol. The number of nitrogens with two attached hydrogens (primary N) is 1. The summed E-state index contributed by atoms with van der Waals surface area (Å²) in [6, 6.07) is 5.93. The Morgan fingerprint density at radius 2 is 2.06 bits per heavy atom. The number of hydrogen-bond acceptors (Lipinski definition) is 2. The third kappa shape index (κ3) is 3.69. The average molecular weight is 241 g/mol. The molecule has 0 atom stereocenters. The molecule has 0 spiro atoms. The Bertz CT molecular complexity index is 348. The Morgan fingerprint density at radius 1 is 1.38 bits per heavy atom. The van der Waals surface area contributed by atoms with Crippen molar-refractivity contribution in [2.24, 2.45) is 11.1 Å². The molecule has 0 saturated carbocycles. The Morgan fingerprint density at radius 3 is 2.69 bits per heavy atom. The molecule has 16 heavy (non-hydrogen) atoms. The molecule has 1 aromatic carbocycles. The zero-order valence-corrected chi connectivity index (χ0v) is 11.1. The topological polar surface area (TPSA) is 38.0 Å². The van der Waals surface area contributed by atoms with Crippen LogP contribution in [0.2, 0.25) is 5.02 Å². The van der Waals surface area contributed by atoms with Gasteiger partial charge in [-0.3, -0.25) is 0 Å². The van der Waals surface area contributed by atoms with E-state index in [2.05, 4.69) is 25.2 Å². The van der Waals surface area contributed by atoms with Crippen LogP contribution in [0.3, 0.4) is 0 Å². The van der Waals surface area contributed by atoms with Gasteiger partial charge in [0.15, 0.2) is 0 Å². The van der Waals surface area contributed by atoms with Gasteiger partial charge in [0, 0.05) is 17.3 Å². The van der Waals surface area contributed by atoms with Crippen molar-refractivity contribution in [1.82, 2.24) is 0 Å². The molecule has 1 aromatic rings. The van der Waals surface area contributed by atoms with E-state index in [-0.39, 0.29) is 5.41 Å². The second kappa shape index (κ2) is 5.55. The van der Waals surface area contributed by atoms with Gasteiger partial charge in [0.2, 0.25) is 0 Å². The molecule has 0 aliphatic heterocycles. The van der Waals surface area contributed by atoms with E-state index in [0.29, 0.717) is 0 Å². The van der Waals surface area contributed by atoms with Gasteiger partial charge in [-0.25, -0.2) is 0 Å². The van der Waals surface area contributed by atoms with Crippen molar-refractivity contribution >= 4 is 17.3 Å². The molecular weight excluding hydrogens is 220 g/mol. The highest BCUT2D eigenvalue weighted by molar-refractivity contribution is 6.31. The molecule has 0 bridgehead atoms. The Hall–Kier alpha value is -0.730. The van der Waals surface area contributed by atoms with E-state index < -0.39 is 0 Å². The summed E-state index contributed by atoms with van der Waals surface area (Å²) >= 11 is 6.06. The summed E-state index contributed by atoms with van der Waals surface area (Å²) in [6.45, 7) is 8.09. The molecule has 90 valence electrons.